The van der Waals surface area contributed by atoms with Gasteiger partial charge in [-0.2, -0.15) is 0 Å². The Morgan fingerprint density at radius 3 is 3.04 bits per heavy atom. The molecule has 128 valence electrons. The van der Waals surface area contributed by atoms with Crippen LogP contribution in [0.25, 0.3) is 10.2 Å². The van der Waals surface area contributed by atoms with Crippen molar-refractivity contribution in [2.24, 2.45) is 5.92 Å². The van der Waals surface area contributed by atoms with E-state index in [1.165, 1.54) is 11.2 Å². The van der Waals surface area contributed by atoms with Crippen molar-refractivity contribution in [2.75, 3.05) is 25.0 Å². The number of hydrogen-bond donors (Lipinski definition) is 1. The van der Waals surface area contributed by atoms with E-state index < -0.39 is 11.9 Å². The zero-order valence-corrected chi connectivity index (χ0v) is 14.5. The van der Waals surface area contributed by atoms with Crippen LogP contribution in [0.2, 0.25) is 0 Å². The number of carboxylic acid groups (broad SMARTS) is 1. The molecule has 2 aromatic rings. The van der Waals surface area contributed by atoms with E-state index in [0.29, 0.717) is 0 Å². The molecule has 0 saturated carbocycles. The lowest BCUT2D eigenvalue weighted by Crippen LogP contribution is -2.46. The minimum absolute atomic E-state index is 0.0532. The van der Waals surface area contributed by atoms with E-state index >= 15 is 0 Å². The third-order valence-corrected chi connectivity index (χ3v) is 5.22. The zero-order chi connectivity index (χ0) is 17.3. The fourth-order valence-electron chi connectivity index (χ4n) is 3.12. The van der Waals surface area contributed by atoms with E-state index in [1.807, 2.05) is 16.3 Å². The van der Waals surface area contributed by atoms with Crippen molar-refractivity contribution in [3.8, 4) is 0 Å². The van der Waals surface area contributed by atoms with Gasteiger partial charge in [0.25, 0.3) is 0 Å². The average molecular weight is 348 g/mol. The highest BCUT2D eigenvalue weighted by atomic mass is 32.1. The lowest BCUT2D eigenvalue weighted by molar-refractivity contribution is -0.142. The summed E-state index contributed by atoms with van der Waals surface area (Å²) in [5.41, 5.74) is 0. The third kappa shape index (κ3) is 3.06. The molecular weight excluding hydrogens is 328 g/mol. The van der Waals surface area contributed by atoms with Crippen LogP contribution in [0.3, 0.4) is 0 Å². The predicted octanol–water partition coefficient (Wildman–Crippen LogP) is 1.84. The molecule has 0 aliphatic carbocycles. The quantitative estimate of drug-likeness (QED) is 0.887. The SMILES string of the molecule is CC(CN(C)C(=O)C1CCCN1c1ncnc2sccc12)C(=O)O. The lowest BCUT2D eigenvalue weighted by Gasteiger charge is -2.29. The van der Waals surface area contributed by atoms with Crippen LogP contribution in [0.4, 0.5) is 5.82 Å². The van der Waals surface area contributed by atoms with Gasteiger partial charge in [-0.05, 0) is 24.3 Å². The first-order valence-electron chi connectivity index (χ1n) is 7.91. The van der Waals surface area contributed by atoms with Crippen molar-refractivity contribution in [2.45, 2.75) is 25.8 Å². The Kier molecular flexibility index (Phi) is 4.66. The van der Waals surface area contributed by atoms with Gasteiger partial charge in [0.15, 0.2) is 0 Å². The Morgan fingerprint density at radius 2 is 2.29 bits per heavy atom. The first kappa shape index (κ1) is 16.6. The lowest BCUT2D eigenvalue weighted by atomic mass is 10.1. The van der Waals surface area contributed by atoms with Gasteiger partial charge < -0.3 is 14.9 Å². The zero-order valence-electron chi connectivity index (χ0n) is 13.7. The number of carboxylic acids is 1. The van der Waals surface area contributed by atoms with Gasteiger partial charge in [-0.3, -0.25) is 9.59 Å². The van der Waals surface area contributed by atoms with Crippen LogP contribution in [0.5, 0.6) is 0 Å². The van der Waals surface area contributed by atoms with Crippen LogP contribution in [-0.4, -0.2) is 58.0 Å². The number of hydrogen-bond acceptors (Lipinski definition) is 6. The first-order valence-corrected chi connectivity index (χ1v) is 8.79. The maximum absolute atomic E-state index is 12.8. The highest BCUT2D eigenvalue weighted by Gasteiger charge is 2.35. The maximum atomic E-state index is 12.8. The number of amides is 1. The van der Waals surface area contributed by atoms with Crippen LogP contribution in [0, 0.1) is 5.92 Å². The number of nitrogens with zero attached hydrogens (tertiary/aromatic N) is 4. The molecule has 0 aromatic carbocycles. The van der Waals surface area contributed by atoms with Gasteiger partial charge in [0.05, 0.1) is 11.3 Å². The van der Waals surface area contributed by atoms with Crippen LogP contribution in [-0.2, 0) is 9.59 Å². The molecule has 1 N–H and O–H groups in total. The van der Waals surface area contributed by atoms with Gasteiger partial charge in [0.1, 0.15) is 23.0 Å². The van der Waals surface area contributed by atoms with Gasteiger partial charge in [0.2, 0.25) is 5.91 Å². The van der Waals surface area contributed by atoms with Gasteiger partial charge in [-0.15, -0.1) is 11.3 Å². The molecule has 0 radical (unpaired) electrons. The summed E-state index contributed by atoms with van der Waals surface area (Å²) in [5.74, 6) is -0.746. The molecule has 7 nitrogen and oxygen atoms in total. The number of carbonyl (C=O) groups is 2. The second kappa shape index (κ2) is 6.72. The fourth-order valence-corrected chi connectivity index (χ4v) is 3.84. The van der Waals surface area contributed by atoms with Gasteiger partial charge in [-0.1, -0.05) is 6.92 Å². The van der Waals surface area contributed by atoms with Gasteiger partial charge in [-0.25, -0.2) is 9.97 Å². The maximum Gasteiger partial charge on any atom is 0.308 e. The Bertz CT molecular complexity index is 763. The van der Waals surface area contributed by atoms with Crippen LogP contribution < -0.4 is 4.90 Å². The summed E-state index contributed by atoms with van der Waals surface area (Å²) >= 11 is 1.55. The highest BCUT2D eigenvalue weighted by Crippen LogP contribution is 2.32. The third-order valence-electron chi connectivity index (χ3n) is 4.40. The molecule has 1 fully saturated rings. The van der Waals surface area contributed by atoms with Crippen molar-refractivity contribution in [1.29, 1.82) is 0 Å². The molecule has 2 aromatic heterocycles. The minimum atomic E-state index is -0.895. The highest BCUT2D eigenvalue weighted by molar-refractivity contribution is 7.16. The molecule has 1 aliphatic heterocycles. The summed E-state index contributed by atoms with van der Waals surface area (Å²) in [6.07, 6.45) is 3.19. The Hall–Kier alpha value is -2.22. The smallest absolute Gasteiger partial charge is 0.308 e. The molecule has 0 bridgehead atoms. The van der Waals surface area contributed by atoms with E-state index in [9.17, 15) is 9.59 Å². The number of anilines is 1. The molecule has 3 rings (SSSR count). The molecule has 24 heavy (non-hydrogen) atoms. The second-order valence-electron chi connectivity index (χ2n) is 6.15. The summed E-state index contributed by atoms with van der Waals surface area (Å²) in [7, 11) is 1.67. The monoisotopic (exact) mass is 348 g/mol. The summed E-state index contributed by atoms with van der Waals surface area (Å²) in [6, 6.07) is 1.68. The van der Waals surface area contributed by atoms with Crippen molar-refractivity contribution >= 4 is 39.2 Å². The standard InChI is InChI=1S/C16H20N4O3S/c1-10(16(22)23)8-19(2)15(21)12-4-3-6-20(12)13-11-5-7-24-14(11)18-9-17-13/h5,7,9-10,12H,3-4,6,8H2,1-2H3,(H,22,23). The van der Waals surface area contributed by atoms with Crippen molar-refractivity contribution in [1.82, 2.24) is 14.9 Å². The molecule has 0 spiro atoms. The average Bonchev–Trinajstić information content (AvgIpc) is 3.22. The second-order valence-corrected chi connectivity index (χ2v) is 7.04. The predicted molar refractivity (Wildman–Crippen MR) is 92.2 cm³/mol. The van der Waals surface area contributed by atoms with Gasteiger partial charge >= 0.3 is 5.97 Å². The summed E-state index contributed by atoms with van der Waals surface area (Å²) in [4.78, 5) is 36.9. The molecule has 2 unspecified atom stereocenters. The van der Waals surface area contributed by atoms with Crippen molar-refractivity contribution < 1.29 is 14.7 Å². The number of rotatable bonds is 5. The number of fused-ring (bicyclic) bond motifs is 1. The van der Waals surface area contributed by atoms with E-state index in [-0.39, 0.29) is 18.5 Å². The van der Waals surface area contributed by atoms with E-state index in [1.54, 1.807) is 25.3 Å². The van der Waals surface area contributed by atoms with E-state index in [4.69, 9.17) is 5.11 Å². The van der Waals surface area contributed by atoms with E-state index in [2.05, 4.69) is 9.97 Å². The van der Waals surface area contributed by atoms with Gasteiger partial charge in [0, 0.05) is 20.1 Å². The fraction of sp³-hybridized carbons (Fsp3) is 0.500. The largest absolute Gasteiger partial charge is 0.481 e. The Balaban J connectivity index is 1.81. The summed E-state index contributed by atoms with van der Waals surface area (Å²) in [6.45, 7) is 2.58. The molecule has 1 saturated heterocycles. The van der Waals surface area contributed by atoms with Crippen LogP contribution >= 0.6 is 11.3 Å². The number of likely N-dealkylation sites (N-methyl/N-ethyl adjacent to an activating group) is 1. The normalized spacial score (nSPS) is 18.8. The topological polar surface area (TPSA) is 86.6 Å². The minimum Gasteiger partial charge on any atom is -0.481 e. The molecule has 1 aliphatic rings. The Labute approximate surface area is 143 Å². The number of aromatic nitrogens is 2. The first-order chi connectivity index (χ1) is 11.5. The number of thiophene rings is 1. The Morgan fingerprint density at radius 1 is 1.50 bits per heavy atom. The van der Waals surface area contributed by atoms with Crippen LogP contribution in [0.1, 0.15) is 19.8 Å². The number of carbonyl (C=O) groups excluding carboxylic acids is 1. The molecule has 8 heteroatoms. The molecular formula is C16H20N4O3S. The summed E-state index contributed by atoms with van der Waals surface area (Å²) in [5, 5.41) is 12.0. The molecule has 3 heterocycles. The molecule has 2 atom stereocenters. The molecule has 1 amide bonds. The summed E-state index contributed by atoms with van der Waals surface area (Å²) < 4.78 is 0. The van der Waals surface area contributed by atoms with E-state index in [0.717, 1.165) is 35.4 Å². The van der Waals surface area contributed by atoms with Crippen LogP contribution in [0.15, 0.2) is 17.8 Å². The van der Waals surface area contributed by atoms with Crippen molar-refractivity contribution in [3.63, 3.8) is 0 Å². The van der Waals surface area contributed by atoms with Crippen molar-refractivity contribution in [3.05, 3.63) is 17.8 Å². The number of aliphatic carboxylic acids is 1.